The number of imidazole rings is 1. The lowest BCUT2D eigenvalue weighted by Gasteiger charge is -2.16. The lowest BCUT2D eigenvalue weighted by atomic mass is 10.1. The van der Waals surface area contributed by atoms with Crippen molar-refractivity contribution in [3.8, 4) is 0 Å². The molecular formula is C18H20N6O4. The van der Waals surface area contributed by atoms with Gasteiger partial charge in [-0.15, -0.1) is 0 Å². The normalized spacial score (nSPS) is 29.2. The molecule has 2 aliphatic heterocycles. The monoisotopic (exact) mass is 384 g/mol. The van der Waals surface area contributed by atoms with Crippen molar-refractivity contribution in [1.82, 2.24) is 19.1 Å². The van der Waals surface area contributed by atoms with Gasteiger partial charge < -0.3 is 25.4 Å². The van der Waals surface area contributed by atoms with Crippen LogP contribution in [0, 0.1) is 5.41 Å². The highest BCUT2D eigenvalue weighted by Gasteiger charge is 2.44. The molecule has 0 amide bonds. The van der Waals surface area contributed by atoms with E-state index in [2.05, 4.69) is 15.3 Å². The molecule has 146 valence electrons. The topological polar surface area (TPSA) is 141 Å². The number of nitrogens with zero attached hydrogens (tertiary/aromatic N) is 4. The van der Waals surface area contributed by atoms with Crippen LogP contribution in [0.2, 0.25) is 0 Å². The molecule has 3 aromatic rings. The molecule has 0 spiro atoms. The summed E-state index contributed by atoms with van der Waals surface area (Å²) in [4.78, 5) is 8.76. The number of fused-ring (bicyclic) bond motifs is 3. The SMILES string of the molecule is N=c1nc2c(ncn2[C@@H]2O[C@H](CO)[C@@H](O)[C@H]2O)c2n1CC(c1ccccc1)N2. The van der Waals surface area contributed by atoms with Crippen molar-refractivity contribution in [3.63, 3.8) is 0 Å². The maximum Gasteiger partial charge on any atom is 0.225 e. The first-order chi connectivity index (χ1) is 13.6. The Morgan fingerprint density at radius 1 is 1.21 bits per heavy atom. The molecule has 0 radical (unpaired) electrons. The molecule has 5 atom stereocenters. The second-order valence-electron chi connectivity index (χ2n) is 7.06. The average molecular weight is 384 g/mol. The highest BCUT2D eigenvalue weighted by molar-refractivity contribution is 5.84. The standard InChI is InChI=1S/C18H20N6O4/c19-18-22-16-12(15-21-10(6-23(15)18)9-4-2-1-3-5-9)20-8-24(16)17-14(27)13(26)11(7-25)28-17/h1-5,8,10-11,13-14,17,19,21,25-27H,6-7H2/t10?,11-,13-,14-,17-/m1/s1. The van der Waals surface area contributed by atoms with Gasteiger partial charge in [0.15, 0.2) is 11.9 Å². The van der Waals surface area contributed by atoms with E-state index in [1.807, 2.05) is 30.3 Å². The third-order valence-corrected chi connectivity index (χ3v) is 5.40. The minimum Gasteiger partial charge on any atom is -0.394 e. The van der Waals surface area contributed by atoms with E-state index in [4.69, 9.17) is 10.1 Å². The molecule has 1 saturated heterocycles. The Bertz CT molecular complexity index is 1080. The summed E-state index contributed by atoms with van der Waals surface area (Å²) in [5.74, 6) is 0.675. The summed E-state index contributed by atoms with van der Waals surface area (Å²) in [6.45, 7) is 0.145. The lowest BCUT2D eigenvalue weighted by molar-refractivity contribution is -0.0511. The fraction of sp³-hybridized carbons (Fsp3) is 0.389. The van der Waals surface area contributed by atoms with Crippen LogP contribution in [-0.2, 0) is 11.3 Å². The van der Waals surface area contributed by atoms with Crippen LogP contribution >= 0.6 is 0 Å². The molecule has 1 aromatic carbocycles. The number of benzene rings is 1. The summed E-state index contributed by atoms with van der Waals surface area (Å²) >= 11 is 0. The van der Waals surface area contributed by atoms with Gasteiger partial charge >= 0.3 is 0 Å². The molecule has 5 N–H and O–H groups in total. The number of aliphatic hydroxyl groups excluding tert-OH is 3. The average Bonchev–Trinajstić information content (AvgIpc) is 3.40. The molecule has 10 heteroatoms. The van der Waals surface area contributed by atoms with Crippen molar-refractivity contribution in [2.24, 2.45) is 0 Å². The van der Waals surface area contributed by atoms with Crippen LogP contribution in [0.25, 0.3) is 11.2 Å². The second kappa shape index (κ2) is 6.38. The largest absolute Gasteiger partial charge is 0.394 e. The fourth-order valence-corrected chi connectivity index (χ4v) is 3.91. The van der Waals surface area contributed by atoms with Crippen molar-refractivity contribution in [2.75, 3.05) is 11.9 Å². The smallest absolute Gasteiger partial charge is 0.225 e. The summed E-state index contributed by atoms with van der Waals surface area (Å²) in [6.07, 6.45) is -2.82. The van der Waals surface area contributed by atoms with Crippen LogP contribution in [0.1, 0.15) is 17.8 Å². The number of aliphatic hydroxyl groups is 3. The number of anilines is 1. The molecule has 4 heterocycles. The molecule has 0 aliphatic carbocycles. The number of ether oxygens (including phenoxy) is 1. The molecular weight excluding hydrogens is 364 g/mol. The summed E-state index contributed by atoms with van der Waals surface area (Å²) < 4.78 is 8.84. The van der Waals surface area contributed by atoms with Crippen molar-refractivity contribution in [1.29, 1.82) is 5.41 Å². The van der Waals surface area contributed by atoms with Crippen LogP contribution in [0.4, 0.5) is 5.82 Å². The number of hydrogen-bond donors (Lipinski definition) is 5. The predicted octanol–water partition coefficient (Wildman–Crippen LogP) is -0.509. The van der Waals surface area contributed by atoms with E-state index in [-0.39, 0.29) is 11.7 Å². The highest BCUT2D eigenvalue weighted by Crippen LogP contribution is 2.35. The first-order valence-electron chi connectivity index (χ1n) is 9.04. The van der Waals surface area contributed by atoms with Crippen LogP contribution < -0.4 is 10.9 Å². The third-order valence-electron chi connectivity index (χ3n) is 5.40. The van der Waals surface area contributed by atoms with Crippen molar-refractivity contribution < 1.29 is 20.1 Å². The lowest BCUT2D eigenvalue weighted by Crippen LogP contribution is -2.33. The summed E-state index contributed by atoms with van der Waals surface area (Å²) in [5, 5.41) is 41.4. The third kappa shape index (κ3) is 2.46. The van der Waals surface area contributed by atoms with Gasteiger partial charge in [0.1, 0.15) is 29.6 Å². The molecule has 1 unspecified atom stereocenters. The van der Waals surface area contributed by atoms with E-state index in [1.165, 1.54) is 10.9 Å². The van der Waals surface area contributed by atoms with Gasteiger partial charge in [-0.25, -0.2) is 4.98 Å². The highest BCUT2D eigenvalue weighted by atomic mass is 16.6. The Balaban J connectivity index is 1.56. The van der Waals surface area contributed by atoms with E-state index in [0.29, 0.717) is 23.5 Å². The van der Waals surface area contributed by atoms with Gasteiger partial charge in [0.25, 0.3) is 0 Å². The number of rotatable bonds is 3. The Morgan fingerprint density at radius 2 is 2.00 bits per heavy atom. The number of aromatic nitrogens is 4. The van der Waals surface area contributed by atoms with Crippen molar-refractivity contribution in [2.45, 2.75) is 37.1 Å². The maximum absolute atomic E-state index is 10.3. The Kier molecular flexibility index (Phi) is 3.95. The Morgan fingerprint density at radius 3 is 2.71 bits per heavy atom. The van der Waals surface area contributed by atoms with E-state index in [1.54, 1.807) is 4.57 Å². The molecule has 1 fully saturated rings. The van der Waals surface area contributed by atoms with Gasteiger partial charge in [-0.05, 0) is 5.56 Å². The van der Waals surface area contributed by atoms with E-state index < -0.39 is 31.1 Å². The minimum atomic E-state index is -1.24. The van der Waals surface area contributed by atoms with Gasteiger partial charge in [-0.1, -0.05) is 30.3 Å². The Labute approximate surface area is 159 Å². The fourth-order valence-electron chi connectivity index (χ4n) is 3.91. The van der Waals surface area contributed by atoms with Gasteiger partial charge in [0, 0.05) is 0 Å². The van der Waals surface area contributed by atoms with Crippen LogP contribution in [0.3, 0.4) is 0 Å². The number of nitrogens with one attached hydrogen (secondary N) is 2. The quantitative estimate of drug-likeness (QED) is 0.409. The van der Waals surface area contributed by atoms with Gasteiger partial charge in [-0.2, -0.15) is 4.98 Å². The van der Waals surface area contributed by atoms with Gasteiger partial charge in [-0.3, -0.25) is 14.5 Å². The minimum absolute atomic E-state index is 0.00300. The molecule has 5 rings (SSSR count). The van der Waals surface area contributed by atoms with Crippen LogP contribution in [-0.4, -0.2) is 59.3 Å². The molecule has 2 aromatic heterocycles. The van der Waals surface area contributed by atoms with Crippen LogP contribution in [0.5, 0.6) is 0 Å². The summed E-state index contributed by atoms with van der Waals surface area (Å²) in [6, 6.07) is 9.94. The summed E-state index contributed by atoms with van der Waals surface area (Å²) in [7, 11) is 0. The maximum atomic E-state index is 10.3. The Hall–Kier alpha value is -2.79. The molecule has 0 saturated carbocycles. The zero-order valence-electron chi connectivity index (χ0n) is 14.8. The summed E-state index contributed by atoms with van der Waals surface area (Å²) in [5.41, 5.74) is 2.07. The second-order valence-corrected chi connectivity index (χ2v) is 7.06. The molecule has 10 nitrogen and oxygen atoms in total. The van der Waals surface area contributed by atoms with E-state index in [0.717, 1.165) is 5.56 Å². The van der Waals surface area contributed by atoms with Gasteiger partial charge in [0.2, 0.25) is 5.62 Å². The number of hydrogen-bond acceptors (Lipinski definition) is 8. The molecule has 2 aliphatic rings. The van der Waals surface area contributed by atoms with E-state index in [9.17, 15) is 15.3 Å². The van der Waals surface area contributed by atoms with Gasteiger partial charge in [0.05, 0.1) is 25.5 Å². The molecule has 0 bridgehead atoms. The first-order valence-corrected chi connectivity index (χ1v) is 9.04. The van der Waals surface area contributed by atoms with E-state index >= 15 is 0 Å². The first kappa shape index (κ1) is 17.3. The predicted molar refractivity (Wildman–Crippen MR) is 97.2 cm³/mol. The van der Waals surface area contributed by atoms with Crippen molar-refractivity contribution >= 4 is 17.0 Å². The van der Waals surface area contributed by atoms with Crippen LogP contribution in [0.15, 0.2) is 36.7 Å². The van der Waals surface area contributed by atoms with Crippen molar-refractivity contribution in [3.05, 3.63) is 47.8 Å². The zero-order chi connectivity index (χ0) is 19.4. The zero-order valence-corrected chi connectivity index (χ0v) is 14.8. The molecule has 28 heavy (non-hydrogen) atoms.